The number of amides is 1. The molecule has 0 atom stereocenters. The molecule has 0 bridgehead atoms. The van der Waals surface area contributed by atoms with Crippen LogP contribution < -0.4 is 43.3 Å². The maximum atomic E-state index is 12.4. The maximum absolute atomic E-state index is 12.4. The highest BCUT2D eigenvalue weighted by Crippen LogP contribution is 2.25. The lowest BCUT2D eigenvalue weighted by Crippen LogP contribution is -3.00. The monoisotopic (exact) mass is 582 g/mol. The molecule has 6 heteroatoms. The number of hydrogen-bond donors (Lipinski definition) is 1. The first-order valence-electron chi connectivity index (χ1n) is 12.6. The number of benzene rings is 1. The van der Waals surface area contributed by atoms with E-state index in [4.69, 9.17) is 9.47 Å². The molecule has 190 valence electrons. The minimum atomic E-state index is -0.0273. The molecule has 0 spiro atoms. The lowest BCUT2D eigenvalue weighted by molar-refractivity contribution is -0.671. The van der Waals surface area contributed by atoms with Gasteiger partial charge in [-0.1, -0.05) is 70.8 Å². The van der Waals surface area contributed by atoms with E-state index in [-0.39, 0.29) is 36.3 Å². The Morgan fingerprint density at radius 2 is 1.53 bits per heavy atom. The fourth-order valence-electron chi connectivity index (χ4n) is 3.83. The number of ether oxygens (including phenoxy) is 2. The molecule has 2 rings (SSSR count). The van der Waals surface area contributed by atoms with Crippen LogP contribution in [0.1, 0.15) is 82.3 Å². The Balaban J connectivity index is 0.00000578. The Kier molecular flexibility index (Phi) is 16.4. The second-order valence-corrected chi connectivity index (χ2v) is 8.83. The number of halogens is 1. The van der Waals surface area contributed by atoms with E-state index in [0.29, 0.717) is 18.9 Å². The van der Waals surface area contributed by atoms with E-state index >= 15 is 0 Å². The number of aromatic nitrogens is 1. The highest BCUT2D eigenvalue weighted by Gasteiger charge is 2.10. The minimum Gasteiger partial charge on any atom is -1.00 e. The predicted octanol–water partition coefficient (Wildman–Crippen LogP) is 2.68. The van der Waals surface area contributed by atoms with E-state index in [2.05, 4.69) is 12.2 Å². The average Bonchev–Trinajstić information content (AvgIpc) is 2.83. The van der Waals surface area contributed by atoms with Crippen LogP contribution >= 0.6 is 0 Å². The van der Waals surface area contributed by atoms with Gasteiger partial charge in [-0.25, -0.2) is 4.57 Å². The van der Waals surface area contributed by atoms with Crippen molar-refractivity contribution in [3.05, 3.63) is 53.9 Å². The third-order valence-electron chi connectivity index (χ3n) is 5.91. The summed E-state index contributed by atoms with van der Waals surface area (Å²) in [4.78, 5) is 12.4. The number of carbonyl (C=O) groups is 1. The number of carbonyl (C=O) groups excluding carboxylic acids is 1. The molecule has 1 amide bonds. The lowest BCUT2D eigenvalue weighted by Gasteiger charge is -2.12. The number of nitrogens with one attached hydrogen (secondary N) is 1. The van der Waals surface area contributed by atoms with Gasteiger partial charge in [-0.05, 0) is 18.1 Å². The quantitative estimate of drug-likeness (QED) is 0.177. The van der Waals surface area contributed by atoms with Gasteiger partial charge in [0.1, 0.15) is 18.5 Å². The lowest BCUT2D eigenvalue weighted by atomic mass is 10.1. The van der Waals surface area contributed by atoms with Crippen LogP contribution in [0.4, 0.5) is 0 Å². The first-order chi connectivity index (χ1) is 16.1. The van der Waals surface area contributed by atoms with Crippen LogP contribution in [0.2, 0.25) is 0 Å². The van der Waals surface area contributed by atoms with Crippen molar-refractivity contribution < 1.29 is 42.8 Å². The van der Waals surface area contributed by atoms with Gasteiger partial charge in [0.15, 0.2) is 12.4 Å². The Labute approximate surface area is 223 Å². The zero-order valence-electron chi connectivity index (χ0n) is 21.3. The highest BCUT2D eigenvalue weighted by molar-refractivity contribution is 5.79. The topological polar surface area (TPSA) is 51.4 Å². The Bertz CT molecular complexity index is 812. The van der Waals surface area contributed by atoms with Crippen molar-refractivity contribution in [1.82, 2.24) is 5.32 Å². The molecule has 0 aliphatic rings. The van der Waals surface area contributed by atoms with Crippen LogP contribution in [0.3, 0.4) is 0 Å². The van der Waals surface area contributed by atoms with Gasteiger partial charge in [0.25, 0.3) is 0 Å². The van der Waals surface area contributed by atoms with Gasteiger partial charge < -0.3 is 38.8 Å². The molecule has 0 unspecified atom stereocenters. The van der Waals surface area contributed by atoms with Crippen LogP contribution in [0.5, 0.6) is 11.5 Å². The van der Waals surface area contributed by atoms with Crippen LogP contribution in [0, 0.1) is 0 Å². The van der Waals surface area contributed by atoms with Crippen molar-refractivity contribution in [1.29, 1.82) is 0 Å². The molecule has 0 aliphatic carbocycles. The number of methoxy groups -OCH3 is 1. The summed E-state index contributed by atoms with van der Waals surface area (Å²) in [5.74, 6) is 1.46. The molecule has 5 nitrogen and oxygen atoms in total. The van der Waals surface area contributed by atoms with Gasteiger partial charge in [0.05, 0.1) is 20.1 Å². The van der Waals surface area contributed by atoms with Crippen molar-refractivity contribution in [2.45, 2.75) is 84.1 Å². The van der Waals surface area contributed by atoms with E-state index in [1.807, 2.05) is 54.3 Å². The zero-order chi connectivity index (χ0) is 23.7. The fraction of sp³-hybridized carbons (Fsp3) is 0.571. The zero-order valence-corrected chi connectivity index (χ0v) is 23.4. The highest BCUT2D eigenvalue weighted by atomic mass is 127. The summed E-state index contributed by atoms with van der Waals surface area (Å²) < 4.78 is 13.4. The van der Waals surface area contributed by atoms with Crippen LogP contribution in [-0.4, -0.2) is 19.6 Å². The predicted molar refractivity (Wildman–Crippen MR) is 134 cm³/mol. The van der Waals surface area contributed by atoms with E-state index in [1.165, 1.54) is 57.8 Å². The van der Waals surface area contributed by atoms with E-state index in [0.717, 1.165) is 23.3 Å². The third-order valence-corrected chi connectivity index (χ3v) is 5.91. The van der Waals surface area contributed by atoms with Crippen molar-refractivity contribution in [2.24, 2.45) is 7.05 Å². The molecule has 1 N–H and O–H groups in total. The number of pyridine rings is 1. The molecule has 0 fully saturated rings. The Morgan fingerprint density at radius 3 is 2.15 bits per heavy atom. The number of aryl methyl sites for hydroxylation is 1. The van der Waals surface area contributed by atoms with Gasteiger partial charge in [0.2, 0.25) is 5.91 Å². The van der Waals surface area contributed by atoms with Crippen molar-refractivity contribution >= 4 is 5.91 Å². The Hall–Kier alpha value is -1.83. The molecule has 0 saturated heterocycles. The van der Waals surface area contributed by atoms with Crippen molar-refractivity contribution in [2.75, 3.05) is 13.7 Å². The van der Waals surface area contributed by atoms with E-state index in [9.17, 15) is 4.79 Å². The van der Waals surface area contributed by atoms with E-state index in [1.54, 1.807) is 7.11 Å². The van der Waals surface area contributed by atoms with Gasteiger partial charge in [-0.15, -0.1) is 0 Å². The Morgan fingerprint density at radius 1 is 0.912 bits per heavy atom. The van der Waals surface area contributed by atoms with Gasteiger partial charge >= 0.3 is 0 Å². The average molecular weight is 583 g/mol. The maximum Gasteiger partial charge on any atom is 0.224 e. The molecule has 1 heterocycles. The molecular weight excluding hydrogens is 539 g/mol. The normalized spacial score (nSPS) is 10.4. The molecule has 0 saturated carbocycles. The standard InChI is InChI=1S/C28H42N2O3.HI/c1-4-5-6-7-8-9-10-11-12-13-20-33-26-15-14-25(27(22-26)32-3)21-28(31)29-23-24-16-18-30(2)19-17-24;/h14-19,22H,4-13,20-21,23H2,1-3H3;1H. The van der Waals surface area contributed by atoms with E-state index < -0.39 is 0 Å². The minimum absolute atomic E-state index is 0. The third kappa shape index (κ3) is 12.6. The molecule has 0 aliphatic heterocycles. The van der Waals surface area contributed by atoms with Crippen LogP contribution in [0.25, 0.3) is 0 Å². The van der Waals surface area contributed by atoms with Crippen LogP contribution in [0.15, 0.2) is 42.7 Å². The summed E-state index contributed by atoms with van der Waals surface area (Å²) in [6.45, 7) is 3.50. The summed E-state index contributed by atoms with van der Waals surface area (Å²) >= 11 is 0. The second kappa shape index (κ2) is 18.5. The summed E-state index contributed by atoms with van der Waals surface area (Å²) in [5.41, 5.74) is 1.94. The molecule has 1 aromatic carbocycles. The summed E-state index contributed by atoms with van der Waals surface area (Å²) in [5, 5.41) is 2.97. The molecule has 34 heavy (non-hydrogen) atoms. The van der Waals surface area contributed by atoms with Crippen LogP contribution in [-0.2, 0) is 24.8 Å². The summed E-state index contributed by atoms with van der Waals surface area (Å²) in [7, 11) is 3.60. The van der Waals surface area contributed by atoms with Gasteiger partial charge in [-0.3, -0.25) is 4.79 Å². The van der Waals surface area contributed by atoms with Gasteiger partial charge in [-0.2, -0.15) is 0 Å². The number of nitrogens with zero attached hydrogens (tertiary/aromatic N) is 1. The SMILES string of the molecule is CCCCCCCCCCCCOc1ccc(CC(=O)NCc2cc[n+](C)cc2)c(OC)c1.[I-]. The number of unbranched alkanes of at least 4 members (excludes halogenated alkanes) is 9. The molecule has 0 radical (unpaired) electrons. The molecular formula is C28H43IN2O3. The molecule has 1 aromatic heterocycles. The first kappa shape index (κ1) is 30.2. The van der Waals surface area contributed by atoms with Crippen molar-refractivity contribution in [3.63, 3.8) is 0 Å². The number of rotatable bonds is 17. The van der Waals surface area contributed by atoms with Gasteiger partial charge in [0, 0.05) is 30.3 Å². The number of hydrogen-bond acceptors (Lipinski definition) is 3. The summed E-state index contributed by atoms with van der Waals surface area (Å²) in [6.07, 6.45) is 17.3. The fourth-order valence-corrected chi connectivity index (χ4v) is 3.83. The smallest absolute Gasteiger partial charge is 0.224 e. The largest absolute Gasteiger partial charge is 1.00 e. The second-order valence-electron chi connectivity index (χ2n) is 8.83. The van der Waals surface area contributed by atoms with Crippen molar-refractivity contribution in [3.8, 4) is 11.5 Å². The first-order valence-corrected chi connectivity index (χ1v) is 12.6. The summed E-state index contributed by atoms with van der Waals surface area (Å²) in [6, 6.07) is 9.74. The molecule has 2 aromatic rings.